The van der Waals surface area contributed by atoms with Gasteiger partial charge in [-0.1, -0.05) is 56.3 Å². The lowest BCUT2D eigenvalue weighted by molar-refractivity contribution is -0.138. The summed E-state index contributed by atoms with van der Waals surface area (Å²) in [6, 6.07) is 13.2. The van der Waals surface area contributed by atoms with Gasteiger partial charge in [0.2, 0.25) is 29.5 Å². The molecule has 1 fully saturated rings. The highest BCUT2D eigenvalue weighted by Gasteiger charge is 2.32. The van der Waals surface area contributed by atoms with Gasteiger partial charge in [0.25, 0.3) is 0 Å². The van der Waals surface area contributed by atoms with Crippen LogP contribution in [0.5, 0.6) is 0 Å². The third-order valence-electron chi connectivity index (χ3n) is 7.67. The molecule has 3 aromatic rings. The lowest BCUT2D eigenvalue weighted by Crippen LogP contribution is -2.57. The Hall–Kier alpha value is -4.46. The van der Waals surface area contributed by atoms with Crippen LogP contribution in [0.25, 0.3) is 11.0 Å². The molecule has 2 aromatic carbocycles. The fourth-order valence-electron chi connectivity index (χ4n) is 5.18. The van der Waals surface area contributed by atoms with Crippen molar-refractivity contribution >= 4 is 52.3 Å². The summed E-state index contributed by atoms with van der Waals surface area (Å²) in [5.74, 6) is -2.21. The number of nitrogens with one attached hydrogen (secondary N) is 4. The first-order chi connectivity index (χ1) is 22.0. The highest BCUT2D eigenvalue weighted by Crippen LogP contribution is 2.11. The number of hydrogen-bond donors (Lipinski definition) is 4. The Kier molecular flexibility index (Phi) is 12.1. The van der Waals surface area contributed by atoms with Crippen molar-refractivity contribution in [2.45, 2.75) is 64.3 Å². The van der Waals surface area contributed by atoms with E-state index in [2.05, 4.69) is 31.5 Å². The molecular weight excluding hydrogens is 608 g/mol. The number of amides is 5. The average molecular weight is 651 g/mol. The Morgan fingerprint density at radius 3 is 2.17 bits per heavy atom. The second-order valence-corrected chi connectivity index (χ2v) is 12.7. The Bertz CT molecular complexity index is 1500. The second kappa shape index (κ2) is 16.2. The molecule has 2 heterocycles. The average Bonchev–Trinajstić information content (AvgIpc) is 3.43. The zero-order chi connectivity index (χ0) is 33.2. The molecule has 1 aliphatic rings. The van der Waals surface area contributed by atoms with Gasteiger partial charge in [0.05, 0.1) is 12.6 Å². The monoisotopic (exact) mass is 650 g/mol. The lowest BCUT2D eigenvalue weighted by Gasteiger charge is -2.29. The zero-order valence-electron chi connectivity index (χ0n) is 26.6. The van der Waals surface area contributed by atoms with Gasteiger partial charge < -0.3 is 26.2 Å². The van der Waals surface area contributed by atoms with Crippen molar-refractivity contribution < 1.29 is 24.0 Å². The van der Waals surface area contributed by atoms with E-state index in [-0.39, 0.29) is 25.6 Å². The summed E-state index contributed by atoms with van der Waals surface area (Å²) in [5.41, 5.74) is 2.15. The Balaban J connectivity index is 1.67. The Labute approximate surface area is 272 Å². The summed E-state index contributed by atoms with van der Waals surface area (Å²) < 4.78 is 0. The number of carbonyl (C=O) groups excluding carboxylic acids is 5. The molecule has 0 unspecified atom stereocenters. The van der Waals surface area contributed by atoms with E-state index in [1.54, 1.807) is 32.9 Å². The third-order valence-corrected chi connectivity index (χ3v) is 8.31. The fraction of sp³-hybridized carbons (Fsp3) is 0.469. The van der Waals surface area contributed by atoms with Crippen LogP contribution in [-0.4, -0.2) is 98.7 Å². The predicted octanol–water partition coefficient (Wildman–Crippen LogP) is 0.884. The molecule has 4 N–H and O–H groups in total. The van der Waals surface area contributed by atoms with Gasteiger partial charge in [-0.3, -0.25) is 24.0 Å². The van der Waals surface area contributed by atoms with Gasteiger partial charge in [-0.2, -0.15) is 26.8 Å². The standard InChI is InChI=1S/C32H42N8O5S/c1-20(2)29-32(45)35-26(14-15-46-4)31(44)33-21(3)30(43)34-23(16-22-10-6-5-7-11-22)17-39(18-27(41)36-29)28(42)19-40-37-24-12-8-9-13-25(24)38-40/h5-13,20-21,23,26,29H,14-19H2,1-4H3,(H,33,44)(H,34,43)(H,35,45)(H,36,41)/t21-,23+,26-,29-/m0/s1. The van der Waals surface area contributed by atoms with Crippen LogP contribution >= 0.6 is 11.8 Å². The van der Waals surface area contributed by atoms with E-state index in [1.807, 2.05) is 48.7 Å². The largest absolute Gasteiger partial charge is 0.349 e. The second-order valence-electron chi connectivity index (χ2n) is 11.8. The van der Waals surface area contributed by atoms with Crippen LogP contribution in [0.4, 0.5) is 0 Å². The quantitative estimate of drug-likeness (QED) is 0.279. The molecule has 46 heavy (non-hydrogen) atoms. The van der Waals surface area contributed by atoms with E-state index >= 15 is 0 Å². The highest BCUT2D eigenvalue weighted by molar-refractivity contribution is 7.98. The van der Waals surface area contributed by atoms with Gasteiger partial charge in [-0.15, -0.1) is 0 Å². The van der Waals surface area contributed by atoms with Gasteiger partial charge in [0.15, 0.2) is 0 Å². The van der Waals surface area contributed by atoms with Crippen LogP contribution in [0.15, 0.2) is 54.6 Å². The minimum atomic E-state index is -0.963. The van der Waals surface area contributed by atoms with Crippen molar-refractivity contribution in [3.05, 3.63) is 60.2 Å². The van der Waals surface area contributed by atoms with Crippen LogP contribution in [0.3, 0.4) is 0 Å². The lowest BCUT2D eigenvalue weighted by atomic mass is 10.0. The molecule has 1 aliphatic heterocycles. The van der Waals surface area contributed by atoms with Crippen LogP contribution in [0, 0.1) is 5.92 Å². The summed E-state index contributed by atoms with van der Waals surface area (Å²) in [7, 11) is 0. The van der Waals surface area contributed by atoms with Crippen molar-refractivity contribution in [2.24, 2.45) is 5.92 Å². The molecule has 246 valence electrons. The maximum atomic E-state index is 13.8. The molecule has 0 saturated carbocycles. The molecule has 1 aromatic heterocycles. The van der Waals surface area contributed by atoms with Crippen molar-refractivity contribution in [1.29, 1.82) is 0 Å². The SMILES string of the molecule is CSCC[C@@H]1NC(=O)[C@H](C(C)C)NC(=O)CN(C(=O)Cn2nc3ccccc3n2)C[C@@H](Cc2ccccc2)NC(=O)[C@H](C)NC1=O. The molecule has 0 aliphatic carbocycles. The molecule has 13 nitrogen and oxygen atoms in total. The number of rotatable bonds is 8. The predicted molar refractivity (Wildman–Crippen MR) is 175 cm³/mol. The van der Waals surface area contributed by atoms with Crippen molar-refractivity contribution in [1.82, 2.24) is 41.2 Å². The smallest absolute Gasteiger partial charge is 0.246 e. The summed E-state index contributed by atoms with van der Waals surface area (Å²) >= 11 is 1.52. The van der Waals surface area contributed by atoms with Gasteiger partial charge in [0.1, 0.15) is 35.7 Å². The summed E-state index contributed by atoms with van der Waals surface area (Å²) in [5, 5.41) is 20.0. The van der Waals surface area contributed by atoms with Crippen molar-refractivity contribution in [2.75, 3.05) is 25.1 Å². The number of carbonyl (C=O) groups is 5. The van der Waals surface area contributed by atoms with E-state index in [4.69, 9.17) is 0 Å². The molecule has 0 radical (unpaired) electrons. The first-order valence-electron chi connectivity index (χ1n) is 15.3. The van der Waals surface area contributed by atoms with E-state index in [0.717, 1.165) is 5.56 Å². The Morgan fingerprint density at radius 1 is 0.891 bits per heavy atom. The minimum absolute atomic E-state index is 0.0246. The third kappa shape index (κ3) is 9.52. The molecule has 0 bridgehead atoms. The van der Waals surface area contributed by atoms with Crippen LogP contribution in [0.2, 0.25) is 0 Å². The number of fused-ring (bicyclic) bond motifs is 1. The van der Waals surface area contributed by atoms with Gasteiger partial charge >= 0.3 is 0 Å². The van der Waals surface area contributed by atoms with Crippen LogP contribution in [0.1, 0.15) is 32.8 Å². The number of thioether (sulfide) groups is 1. The van der Waals surface area contributed by atoms with Crippen LogP contribution in [-0.2, 0) is 36.9 Å². The van der Waals surface area contributed by atoms with Crippen LogP contribution < -0.4 is 21.3 Å². The molecular formula is C32H42N8O5S. The van der Waals surface area contributed by atoms with E-state index in [0.29, 0.717) is 29.6 Å². The summed E-state index contributed by atoms with van der Waals surface area (Å²) in [4.78, 5) is 70.0. The summed E-state index contributed by atoms with van der Waals surface area (Å²) in [6.07, 6.45) is 2.58. The molecule has 4 rings (SSSR count). The number of hydrogen-bond acceptors (Lipinski definition) is 8. The normalized spacial score (nSPS) is 22.0. The molecule has 14 heteroatoms. The first-order valence-corrected chi connectivity index (χ1v) is 16.7. The summed E-state index contributed by atoms with van der Waals surface area (Å²) in [6.45, 7) is 4.49. The van der Waals surface area contributed by atoms with E-state index < -0.39 is 53.7 Å². The minimum Gasteiger partial charge on any atom is -0.349 e. The molecule has 1 saturated heterocycles. The highest BCUT2D eigenvalue weighted by atomic mass is 32.2. The fourth-order valence-corrected chi connectivity index (χ4v) is 5.65. The van der Waals surface area contributed by atoms with Crippen molar-refractivity contribution in [3.63, 3.8) is 0 Å². The molecule has 4 atom stereocenters. The number of aromatic nitrogens is 3. The van der Waals surface area contributed by atoms with E-state index in [1.165, 1.54) is 21.5 Å². The van der Waals surface area contributed by atoms with Gasteiger partial charge in [0, 0.05) is 6.54 Å². The van der Waals surface area contributed by atoms with E-state index in [9.17, 15) is 24.0 Å². The maximum Gasteiger partial charge on any atom is 0.246 e. The Morgan fingerprint density at radius 2 is 1.54 bits per heavy atom. The molecule has 5 amide bonds. The maximum absolute atomic E-state index is 13.8. The topological polar surface area (TPSA) is 167 Å². The van der Waals surface area contributed by atoms with Crippen molar-refractivity contribution in [3.8, 4) is 0 Å². The molecule has 0 spiro atoms. The first kappa shape index (κ1) is 34.4. The number of nitrogens with zero attached hydrogens (tertiary/aromatic N) is 4. The van der Waals surface area contributed by atoms with Gasteiger partial charge in [-0.25, -0.2) is 0 Å². The van der Waals surface area contributed by atoms with Gasteiger partial charge in [-0.05, 0) is 55.4 Å². The zero-order valence-corrected chi connectivity index (χ0v) is 27.4. The number of benzene rings is 2.